The minimum atomic E-state index is -1.78. The molecule has 0 nitrogen and oxygen atoms in total. The summed E-state index contributed by atoms with van der Waals surface area (Å²) in [4.78, 5) is 0. The van der Waals surface area contributed by atoms with Crippen LogP contribution in [0.25, 0.3) is 0 Å². The van der Waals surface area contributed by atoms with E-state index in [1.54, 1.807) is 0 Å². The van der Waals surface area contributed by atoms with Gasteiger partial charge in [0.15, 0.2) is 0 Å². The van der Waals surface area contributed by atoms with Gasteiger partial charge in [-0.3, -0.25) is 0 Å². The Morgan fingerprint density at radius 1 is 0.923 bits per heavy atom. The summed E-state index contributed by atoms with van der Waals surface area (Å²) in [5.74, 6) is 7.90. The van der Waals surface area contributed by atoms with Crippen molar-refractivity contribution in [2.24, 2.45) is 0 Å². The Hall–Kier alpha value is 1.68. The Morgan fingerprint density at radius 2 is 1.23 bits per heavy atom. The molecule has 80 valence electrons. The SMILES string of the molecule is C[Si](C)(C)[CH]([Ge]([CH3])([CH3])[CH3])[Pb]([CH3])([CH3])[CH3]. The Bertz CT molecular complexity index is 138. The van der Waals surface area contributed by atoms with Gasteiger partial charge in [-0.2, -0.15) is 0 Å². The van der Waals surface area contributed by atoms with E-state index < -0.39 is 42.5 Å². The van der Waals surface area contributed by atoms with E-state index in [1.807, 2.05) is 0 Å². The Labute approximate surface area is 93.9 Å². The van der Waals surface area contributed by atoms with E-state index in [1.165, 1.54) is 1.93 Å². The number of rotatable bonds is 3. The number of hydrogen-bond donors (Lipinski definition) is 0. The topological polar surface area (TPSA) is 0 Å². The van der Waals surface area contributed by atoms with Gasteiger partial charge in [-0.05, 0) is 0 Å². The summed E-state index contributed by atoms with van der Waals surface area (Å²) < 4.78 is 9.26. The average molecular weight is 456 g/mol. The summed E-state index contributed by atoms with van der Waals surface area (Å²) in [5, 5.41) is 0. The fraction of sp³-hybridized carbons (Fsp3) is 1.00. The quantitative estimate of drug-likeness (QED) is 0.551. The van der Waals surface area contributed by atoms with Crippen LogP contribution >= 0.6 is 0 Å². The third-order valence-electron chi connectivity index (χ3n) is 2.60. The molecule has 0 aromatic rings. The second kappa shape index (κ2) is 4.28. The first kappa shape index (κ1) is 14.7. The molecule has 0 aliphatic heterocycles. The first-order valence-corrected chi connectivity index (χ1v) is 30.4. The van der Waals surface area contributed by atoms with Crippen LogP contribution < -0.4 is 0 Å². The molecule has 0 rings (SSSR count). The van der Waals surface area contributed by atoms with Gasteiger partial charge in [0.05, 0.1) is 0 Å². The van der Waals surface area contributed by atoms with E-state index in [-0.39, 0.29) is 0 Å². The van der Waals surface area contributed by atoms with E-state index in [9.17, 15) is 0 Å². The van der Waals surface area contributed by atoms with Gasteiger partial charge in [-0.25, -0.2) is 0 Å². The summed E-state index contributed by atoms with van der Waals surface area (Å²) >= 11 is -3.18. The molecule has 0 aromatic carbocycles. The predicted octanol–water partition coefficient (Wildman–Crippen LogP) is 4.45. The molecule has 1 atom stereocenters. The maximum absolute atomic E-state index is 2.66. The zero-order valence-electron chi connectivity index (χ0n) is 11.1. The summed E-state index contributed by atoms with van der Waals surface area (Å²) in [6, 6.07) is 0. The molecule has 0 bridgehead atoms. The Kier molecular flexibility index (Phi) is 4.83. The van der Waals surface area contributed by atoms with Crippen molar-refractivity contribution < 1.29 is 0 Å². The fourth-order valence-electron chi connectivity index (χ4n) is 3.90. The molecular weight excluding hydrogens is 428 g/mol. The monoisotopic (exact) mass is 458 g/mol. The summed E-state index contributed by atoms with van der Waals surface area (Å²) in [6.45, 7) is 7.79. The molecular formula is C10H28GePbSi. The first-order chi connectivity index (χ1) is 5.37. The molecule has 0 aliphatic carbocycles. The van der Waals surface area contributed by atoms with Gasteiger partial charge >= 0.3 is 94.8 Å². The molecule has 0 saturated heterocycles. The molecule has 0 spiro atoms. The van der Waals surface area contributed by atoms with Crippen LogP contribution in [0.5, 0.6) is 0 Å². The molecule has 3 heteroatoms. The van der Waals surface area contributed by atoms with Gasteiger partial charge in [0.1, 0.15) is 0 Å². The van der Waals surface area contributed by atoms with Crippen LogP contribution in [-0.4, -0.2) is 42.5 Å². The second-order valence-corrected chi connectivity index (χ2v) is 52.8. The minimum absolute atomic E-state index is 0.875. The second-order valence-electron chi connectivity index (χ2n) is 7.53. The standard InChI is InChI=1S/C7H19GeSi.3CH3.Pb/c1-8(2,3)7-9(4,5)6;;;;/h7H,1-6H3;3*1H3;. The van der Waals surface area contributed by atoms with Crippen molar-refractivity contribution in [3.8, 4) is 0 Å². The van der Waals surface area contributed by atoms with E-state index >= 15 is 0 Å². The molecule has 0 aliphatic rings. The zero-order valence-corrected chi connectivity index (χ0v) is 18.1. The van der Waals surface area contributed by atoms with Crippen LogP contribution in [-0.2, 0) is 0 Å². The van der Waals surface area contributed by atoms with Gasteiger partial charge in [0.2, 0.25) is 0 Å². The van der Waals surface area contributed by atoms with Crippen LogP contribution in [0.1, 0.15) is 0 Å². The van der Waals surface area contributed by atoms with Gasteiger partial charge in [-0.15, -0.1) is 0 Å². The third kappa shape index (κ3) is 4.82. The van der Waals surface area contributed by atoms with Crippen molar-refractivity contribution in [1.82, 2.24) is 0 Å². The van der Waals surface area contributed by atoms with Crippen molar-refractivity contribution >= 4 is 42.5 Å². The average Bonchev–Trinajstić information content (AvgIpc) is 1.44. The van der Waals surface area contributed by atoms with Crippen molar-refractivity contribution in [3.63, 3.8) is 0 Å². The van der Waals surface area contributed by atoms with Crippen LogP contribution in [0, 0.1) is 0 Å². The van der Waals surface area contributed by atoms with Crippen LogP contribution in [0.2, 0.25) is 52.3 Å². The molecule has 0 radical (unpaired) electrons. The Morgan fingerprint density at radius 3 is 1.23 bits per heavy atom. The van der Waals surface area contributed by atoms with E-state index in [2.05, 4.69) is 50.4 Å². The molecule has 0 fully saturated rings. The van der Waals surface area contributed by atoms with E-state index in [0.29, 0.717) is 0 Å². The Balaban J connectivity index is 5.02. The van der Waals surface area contributed by atoms with E-state index in [0.717, 1.165) is 0 Å². The summed E-state index contributed by atoms with van der Waals surface area (Å²) in [6.07, 6.45) is 0. The maximum atomic E-state index is 2.66. The zero-order chi connectivity index (χ0) is 11.1. The fourth-order valence-corrected chi connectivity index (χ4v) is 114. The molecule has 0 aromatic heterocycles. The molecule has 0 saturated carbocycles. The van der Waals surface area contributed by atoms with Crippen molar-refractivity contribution in [2.75, 3.05) is 0 Å². The van der Waals surface area contributed by atoms with Gasteiger partial charge in [0, 0.05) is 0 Å². The summed E-state index contributed by atoms with van der Waals surface area (Å²) in [5.41, 5.74) is 0. The van der Waals surface area contributed by atoms with Crippen molar-refractivity contribution in [3.05, 3.63) is 0 Å². The summed E-state index contributed by atoms with van der Waals surface area (Å²) in [7, 11) is -0.875. The normalized spacial score (nSPS) is 17.3. The van der Waals surface area contributed by atoms with Gasteiger partial charge in [0.25, 0.3) is 0 Å². The van der Waals surface area contributed by atoms with Gasteiger partial charge in [-0.1, -0.05) is 0 Å². The predicted molar refractivity (Wildman–Crippen MR) is 73.8 cm³/mol. The molecule has 0 amide bonds. The van der Waals surface area contributed by atoms with Crippen LogP contribution in [0.15, 0.2) is 0 Å². The third-order valence-corrected chi connectivity index (χ3v) is 75.8. The first-order valence-electron chi connectivity index (χ1n) is 5.37. The van der Waals surface area contributed by atoms with Crippen molar-refractivity contribution in [1.29, 1.82) is 0 Å². The van der Waals surface area contributed by atoms with Crippen LogP contribution in [0.4, 0.5) is 0 Å². The molecule has 1 unspecified atom stereocenters. The molecule has 0 heterocycles. The van der Waals surface area contributed by atoms with Crippen LogP contribution in [0.3, 0.4) is 0 Å². The number of hydrogen-bond acceptors (Lipinski definition) is 0. The van der Waals surface area contributed by atoms with Crippen molar-refractivity contribution in [2.45, 2.75) is 52.3 Å². The molecule has 13 heavy (non-hydrogen) atoms. The van der Waals surface area contributed by atoms with E-state index in [4.69, 9.17) is 0 Å². The van der Waals surface area contributed by atoms with Gasteiger partial charge < -0.3 is 0 Å². The molecule has 0 N–H and O–H groups in total.